The number of hydrogen-bond donors (Lipinski definition) is 1. The van der Waals surface area contributed by atoms with Crippen LogP contribution in [0.3, 0.4) is 0 Å². The highest BCUT2D eigenvalue weighted by molar-refractivity contribution is 6.11. The van der Waals surface area contributed by atoms with Gasteiger partial charge in [0.05, 0.1) is 30.6 Å². The number of nitrogens with zero attached hydrogens (tertiary/aromatic N) is 4. The van der Waals surface area contributed by atoms with Gasteiger partial charge in [-0.05, 0) is 65.7 Å². The van der Waals surface area contributed by atoms with Crippen LogP contribution in [0.2, 0.25) is 0 Å². The van der Waals surface area contributed by atoms with Crippen molar-refractivity contribution in [3.8, 4) is 44.9 Å². The molecule has 8 rings (SSSR count). The van der Waals surface area contributed by atoms with E-state index in [-0.39, 0.29) is 22.3 Å². The number of nitrogens with one attached hydrogen (secondary N) is 1. The fraction of sp³-hybridized carbons (Fsp3) is 0.176. The molecule has 0 saturated heterocycles. The average Bonchev–Trinajstić information content (AvgIpc) is 3.27. The number of anilines is 2. The van der Waals surface area contributed by atoms with Gasteiger partial charge in [-0.15, -0.1) is 0 Å². The van der Waals surface area contributed by atoms with E-state index in [2.05, 4.69) is 5.32 Å². The van der Waals surface area contributed by atoms with E-state index >= 15 is 0 Å². The molecule has 1 amide bonds. The largest absolute Gasteiger partial charge is 0.545 e. The van der Waals surface area contributed by atoms with Crippen molar-refractivity contribution in [1.82, 2.24) is 14.5 Å². The number of aromatic carboxylic acids is 2. The smallest absolute Gasteiger partial charge is 0.251 e. The molecule has 1 N–H and O–H groups in total. The summed E-state index contributed by atoms with van der Waals surface area (Å²) in [6.07, 6.45) is 0. The van der Waals surface area contributed by atoms with E-state index in [0.717, 1.165) is 22.1 Å². The highest BCUT2D eigenvalue weighted by atomic mass is 16.4. The van der Waals surface area contributed by atoms with Crippen LogP contribution < -0.4 is 45.2 Å². The Kier molecular flexibility index (Phi) is 11.1. The Balaban J connectivity index is 1.13. The zero-order valence-corrected chi connectivity index (χ0v) is 36.7. The first kappa shape index (κ1) is 42.6. The third-order valence-corrected chi connectivity index (χ3v) is 11.5. The van der Waals surface area contributed by atoms with Crippen LogP contribution in [-0.2, 0) is 0 Å². The maximum Gasteiger partial charge on any atom is 0.251 e. The van der Waals surface area contributed by atoms with Crippen LogP contribution in [0, 0.1) is 0 Å². The van der Waals surface area contributed by atoms with Gasteiger partial charge in [0.1, 0.15) is 50.9 Å². The number of Topliss-reactive ketones (excluding diaryl/α,β-unsaturated/α-hetero) is 1. The van der Waals surface area contributed by atoms with Gasteiger partial charge >= 0.3 is 0 Å². The first-order valence-corrected chi connectivity index (χ1v) is 20.4. The molecule has 4 aliphatic rings. The Morgan fingerprint density at radius 3 is 1.38 bits per heavy atom. The molecule has 0 bridgehead atoms. The lowest BCUT2D eigenvalue weighted by Gasteiger charge is -2.20. The summed E-state index contributed by atoms with van der Waals surface area (Å²) >= 11 is 0. The average molecular weight is 856 g/mol. The standard InChI is InChI=1S/C51H45N5O8/c1-53(2)30-11-17-36-43(23-30)63-44-24-31(54(3)4)12-18-37(44)47(36)34-15-9-28(21-40(34)50(59)60)42(57)27-52-49(58)29-10-16-35(41(22-29)51(61)62)48-38-19-13-32(55(5)6)25-45(38)64-46-26-33(56(7)8)14-20-39(46)48/h9-26H,27H2,1-8H3,(H-2,52,58,59,60,61,62). The molecule has 0 radical (unpaired) electrons. The van der Waals surface area contributed by atoms with E-state index in [1.165, 1.54) is 24.3 Å². The van der Waals surface area contributed by atoms with E-state index in [0.29, 0.717) is 66.8 Å². The van der Waals surface area contributed by atoms with Crippen molar-refractivity contribution in [2.45, 2.75) is 0 Å². The number of benzene rings is 6. The number of fused-ring (bicyclic) bond motifs is 4. The predicted molar refractivity (Wildman–Crippen MR) is 245 cm³/mol. The lowest BCUT2D eigenvalue weighted by molar-refractivity contribution is -0.256. The molecular weight excluding hydrogens is 811 g/mol. The Bertz CT molecular complexity index is 3110. The number of carbonyl (C=O) groups excluding carboxylic acids is 4. The lowest BCUT2D eigenvalue weighted by Crippen LogP contribution is -2.30. The summed E-state index contributed by atoms with van der Waals surface area (Å²) in [4.78, 5) is 56.8. The topological polar surface area (TPSA) is 165 Å². The molecule has 0 unspecified atom stereocenters. The van der Waals surface area contributed by atoms with Gasteiger partial charge in [0, 0.05) is 119 Å². The maximum atomic E-state index is 13.7. The van der Waals surface area contributed by atoms with Crippen molar-refractivity contribution < 1.29 is 38.2 Å². The second-order valence-electron chi connectivity index (χ2n) is 16.5. The molecule has 0 aromatic heterocycles. The van der Waals surface area contributed by atoms with Crippen molar-refractivity contribution in [3.05, 3.63) is 142 Å². The molecule has 13 heteroatoms. The first-order chi connectivity index (χ1) is 30.5. The first-order valence-electron chi connectivity index (χ1n) is 20.4. The number of carbonyl (C=O) groups is 4. The van der Waals surface area contributed by atoms with Crippen LogP contribution in [-0.4, -0.2) is 86.6 Å². The monoisotopic (exact) mass is 855 g/mol. The van der Waals surface area contributed by atoms with Gasteiger partial charge < -0.3 is 43.8 Å². The third-order valence-electron chi connectivity index (χ3n) is 11.5. The van der Waals surface area contributed by atoms with Crippen LogP contribution in [0.25, 0.3) is 66.8 Å². The lowest BCUT2D eigenvalue weighted by atomic mass is 9.89. The van der Waals surface area contributed by atoms with E-state index in [4.69, 9.17) is 8.83 Å². The van der Waals surface area contributed by atoms with Crippen molar-refractivity contribution in [3.63, 3.8) is 0 Å². The Labute approximate surface area is 368 Å². The van der Waals surface area contributed by atoms with E-state index in [9.17, 15) is 29.4 Å². The van der Waals surface area contributed by atoms with Crippen LogP contribution in [0.1, 0.15) is 41.4 Å². The van der Waals surface area contributed by atoms with Crippen molar-refractivity contribution in [2.75, 3.05) is 72.7 Å². The zero-order valence-electron chi connectivity index (χ0n) is 36.7. The zero-order chi connectivity index (χ0) is 45.7. The van der Waals surface area contributed by atoms with Gasteiger partial charge in [-0.25, -0.2) is 9.15 Å². The SMILES string of the molecule is CN(C)c1ccc2c(-c3ccc(C(=O)CNC(=O)c4ccc(-c5c6ccc(=[N+](C)C)cc-6oc6cc(N(C)C)ccc56)c(C(=O)[O-])c4)cc3C(=O)[O-])c3ccc(=[N+](C)C)cc-3oc2c1. The molecule has 0 saturated carbocycles. The molecule has 4 aromatic rings. The summed E-state index contributed by atoms with van der Waals surface area (Å²) in [6.45, 7) is -0.512. The highest BCUT2D eigenvalue weighted by Gasteiger charge is 2.24. The molecule has 0 spiro atoms. The minimum absolute atomic E-state index is 0.0242. The quantitative estimate of drug-likeness (QED) is 0.119. The number of rotatable bonds is 10. The normalized spacial score (nSPS) is 11.2. The van der Waals surface area contributed by atoms with Gasteiger partial charge in [-0.1, -0.05) is 18.2 Å². The summed E-state index contributed by atoms with van der Waals surface area (Å²) < 4.78 is 16.7. The van der Waals surface area contributed by atoms with Gasteiger partial charge in [0.2, 0.25) is 10.7 Å². The molecule has 2 heterocycles. The van der Waals surface area contributed by atoms with Crippen LogP contribution in [0.15, 0.2) is 118 Å². The minimum Gasteiger partial charge on any atom is -0.545 e. The minimum atomic E-state index is -1.50. The summed E-state index contributed by atoms with van der Waals surface area (Å²) in [7, 11) is 15.3. The maximum absolute atomic E-state index is 13.7. The van der Waals surface area contributed by atoms with Crippen LogP contribution >= 0.6 is 0 Å². The summed E-state index contributed by atoms with van der Waals surface area (Å²) in [6, 6.07) is 31.2. The molecule has 322 valence electrons. The molecule has 2 aliphatic carbocycles. The number of carboxylic acid groups (broad SMARTS) is 2. The molecule has 0 fully saturated rings. The van der Waals surface area contributed by atoms with Crippen molar-refractivity contribution >= 4 is 56.9 Å². The van der Waals surface area contributed by atoms with E-state index in [1.807, 2.05) is 148 Å². The second kappa shape index (κ2) is 16.7. The number of hydrogen-bond acceptors (Lipinski definition) is 10. The highest BCUT2D eigenvalue weighted by Crippen LogP contribution is 2.44. The molecular formula is C51H45N5O8. The Morgan fingerprint density at radius 1 is 0.531 bits per heavy atom. The summed E-state index contributed by atoms with van der Waals surface area (Å²) in [5, 5.41) is 31.3. The second-order valence-corrected chi connectivity index (χ2v) is 16.5. The molecule has 4 aromatic carbocycles. The Morgan fingerprint density at radius 2 is 0.953 bits per heavy atom. The third kappa shape index (κ3) is 7.83. The molecule has 0 atom stereocenters. The van der Waals surface area contributed by atoms with Gasteiger partial charge in [-0.3, -0.25) is 9.59 Å². The summed E-state index contributed by atoms with van der Waals surface area (Å²) in [5.74, 6) is -3.24. The van der Waals surface area contributed by atoms with Gasteiger partial charge in [0.25, 0.3) is 5.91 Å². The van der Waals surface area contributed by atoms with Crippen LogP contribution in [0.4, 0.5) is 11.4 Å². The predicted octanol–water partition coefficient (Wildman–Crippen LogP) is 4.26. The summed E-state index contributed by atoms with van der Waals surface area (Å²) in [5.41, 5.74) is 5.49. The number of amides is 1. The van der Waals surface area contributed by atoms with Gasteiger partial charge in [0.15, 0.2) is 5.78 Å². The van der Waals surface area contributed by atoms with E-state index in [1.54, 1.807) is 12.1 Å². The Hall–Kier alpha value is -8.06. The molecule has 13 nitrogen and oxygen atoms in total. The molecule has 64 heavy (non-hydrogen) atoms. The number of carboxylic acids is 2. The van der Waals surface area contributed by atoms with E-state index < -0.39 is 30.2 Å². The number of ketones is 1. The fourth-order valence-electron chi connectivity index (χ4n) is 7.97. The molecule has 2 aliphatic heterocycles. The van der Waals surface area contributed by atoms with Crippen molar-refractivity contribution in [2.24, 2.45) is 0 Å². The van der Waals surface area contributed by atoms with Crippen LogP contribution in [0.5, 0.6) is 0 Å². The van der Waals surface area contributed by atoms with Gasteiger partial charge in [-0.2, -0.15) is 0 Å². The fourth-order valence-corrected chi connectivity index (χ4v) is 7.97. The van der Waals surface area contributed by atoms with Crippen molar-refractivity contribution in [1.29, 1.82) is 0 Å².